The predicted octanol–water partition coefficient (Wildman–Crippen LogP) is 6.85. The Bertz CT molecular complexity index is 736. The van der Waals surface area contributed by atoms with Crippen LogP contribution in [-0.4, -0.2) is 68.1 Å². The Labute approximate surface area is 244 Å². The minimum absolute atomic E-state index is 0.0608. The largest absolute Gasteiger partial charge is 0.469 e. The van der Waals surface area contributed by atoms with Gasteiger partial charge in [0.2, 0.25) is 0 Å². The summed E-state index contributed by atoms with van der Waals surface area (Å²) >= 11 is 3.87. The Balaban J connectivity index is 1.40. The minimum atomic E-state index is -0.150. The van der Waals surface area contributed by atoms with Crippen molar-refractivity contribution in [2.24, 2.45) is 11.8 Å². The Morgan fingerprint density at radius 2 is 1.77 bits per heavy atom. The summed E-state index contributed by atoms with van der Waals surface area (Å²) < 4.78 is 36.4. The van der Waals surface area contributed by atoms with Gasteiger partial charge in [0, 0.05) is 36.8 Å². The fourth-order valence-corrected chi connectivity index (χ4v) is 7.22. The van der Waals surface area contributed by atoms with Gasteiger partial charge in [-0.1, -0.05) is 54.3 Å². The summed E-state index contributed by atoms with van der Waals surface area (Å²) in [7, 11) is 1.45. The maximum atomic E-state index is 11.5. The second-order valence-electron chi connectivity index (χ2n) is 11.7. The van der Waals surface area contributed by atoms with E-state index in [0.29, 0.717) is 12.3 Å². The SMILES string of the molecule is CCCCC[C@@H](/C=C/[C@@H]1[C@H]2CC(C(Br)CCCC(=O)OC)O[C@H]2C[C@H]1OC1CCCCO1)OC1CCCCO1. The molecule has 1 saturated carbocycles. The molecule has 4 aliphatic rings. The van der Waals surface area contributed by atoms with E-state index in [1.165, 1.54) is 26.4 Å². The van der Waals surface area contributed by atoms with Crippen LogP contribution in [0.4, 0.5) is 0 Å². The number of unbranched alkanes of at least 4 members (excludes halogenated alkanes) is 2. The van der Waals surface area contributed by atoms with Crippen LogP contribution in [0.3, 0.4) is 0 Å². The first-order valence-electron chi connectivity index (χ1n) is 15.7. The molecule has 3 saturated heterocycles. The van der Waals surface area contributed by atoms with Crippen molar-refractivity contribution in [1.29, 1.82) is 0 Å². The van der Waals surface area contributed by atoms with Crippen LogP contribution in [0.2, 0.25) is 0 Å². The van der Waals surface area contributed by atoms with Gasteiger partial charge >= 0.3 is 5.97 Å². The molecule has 0 bridgehead atoms. The maximum absolute atomic E-state index is 11.5. The van der Waals surface area contributed by atoms with Gasteiger partial charge in [0.15, 0.2) is 12.6 Å². The molecule has 4 rings (SSSR count). The molecule has 0 aromatic carbocycles. The molecule has 4 fully saturated rings. The molecule has 39 heavy (non-hydrogen) atoms. The molecule has 0 radical (unpaired) electrons. The summed E-state index contributed by atoms with van der Waals surface area (Å²) in [5.74, 6) is 0.524. The Hall–Kier alpha value is -0.510. The van der Waals surface area contributed by atoms with E-state index >= 15 is 0 Å². The molecule has 0 aromatic rings. The lowest BCUT2D eigenvalue weighted by atomic mass is 9.88. The molecule has 7 nitrogen and oxygen atoms in total. The third-order valence-electron chi connectivity index (χ3n) is 8.78. The van der Waals surface area contributed by atoms with Crippen molar-refractivity contribution < 1.29 is 33.2 Å². The average molecular weight is 616 g/mol. The van der Waals surface area contributed by atoms with Crippen LogP contribution < -0.4 is 0 Å². The van der Waals surface area contributed by atoms with Gasteiger partial charge in [0.25, 0.3) is 0 Å². The zero-order valence-electron chi connectivity index (χ0n) is 24.1. The highest BCUT2D eigenvalue weighted by Crippen LogP contribution is 2.48. The van der Waals surface area contributed by atoms with Crippen molar-refractivity contribution >= 4 is 21.9 Å². The standard InChI is InChI=1S/C31H51BrO7/c1-3-4-5-11-22(37-30-14-6-8-18-35-30)16-17-23-24-20-28(25(32)12-10-13-29(33)34-2)38-27(24)21-26(23)39-31-15-7-9-19-36-31/h16-17,22-28,30-31H,3-15,18-21H2,1-2H3/b17-16+/t22-,23+,24+,25?,26+,27-,28?,30?,31?/m0/s1. The van der Waals surface area contributed by atoms with Gasteiger partial charge in [0.1, 0.15) is 0 Å². The fraction of sp³-hybridized carbons (Fsp3) is 0.903. The molecule has 1 aliphatic carbocycles. The van der Waals surface area contributed by atoms with Crippen LogP contribution >= 0.6 is 15.9 Å². The summed E-state index contributed by atoms with van der Waals surface area (Å²) in [6, 6.07) is 0. The minimum Gasteiger partial charge on any atom is -0.469 e. The van der Waals surface area contributed by atoms with E-state index in [1.54, 1.807) is 0 Å². The molecule has 0 amide bonds. The zero-order chi connectivity index (χ0) is 27.5. The molecule has 4 unspecified atom stereocenters. The number of methoxy groups -OCH3 is 1. The molecular weight excluding hydrogens is 564 g/mol. The van der Waals surface area contributed by atoms with E-state index in [2.05, 4.69) is 35.0 Å². The molecule has 3 heterocycles. The third kappa shape index (κ3) is 9.78. The molecule has 3 aliphatic heterocycles. The lowest BCUT2D eigenvalue weighted by molar-refractivity contribution is -0.194. The predicted molar refractivity (Wildman–Crippen MR) is 154 cm³/mol. The van der Waals surface area contributed by atoms with Crippen LogP contribution in [0.25, 0.3) is 0 Å². The highest BCUT2D eigenvalue weighted by molar-refractivity contribution is 9.09. The molecule has 0 aromatic heterocycles. The van der Waals surface area contributed by atoms with Crippen LogP contribution in [0.1, 0.15) is 103 Å². The van der Waals surface area contributed by atoms with Gasteiger partial charge in [-0.05, 0) is 70.1 Å². The number of ether oxygens (including phenoxy) is 6. The summed E-state index contributed by atoms with van der Waals surface area (Å²) in [6.45, 7) is 3.83. The lowest BCUT2D eigenvalue weighted by Crippen LogP contribution is -2.32. The summed E-state index contributed by atoms with van der Waals surface area (Å²) in [5.41, 5.74) is 0. The molecule has 224 valence electrons. The zero-order valence-corrected chi connectivity index (χ0v) is 25.7. The first-order valence-corrected chi connectivity index (χ1v) is 16.6. The van der Waals surface area contributed by atoms with Gasteiger partial charge in [0.05, 0.1) is 31.5 Å². The Kier molecular flexibility index (Phi) is 13.5. The fourth-order valence-electron chi connectivity index (χ4n) is 6.56. The summed E-state index contributed by atoms with van der Waals surface area (Å²) in [4.78, 5) is 11.8. The van der Waals surface area contributed by atoms with Crippen molar-refractivity contribution in [3.8, 4) is 0 Å². The van der Waals surface area contributed by atoms with E-state index in [4.69, 9.17) is 28.4 Å². The van der Waals surface area contributed by atoms with Crippen LogP contribution in [0, 0.1) is 11.8 Å². The van der Waals surface area contributed by atoms with E-state index in [-0.39, 0.29) is 53.7 Å². The van der Waals surface area contributed by atoms with Gasteiger partial charge in [-0.15, -0.1) is 0 Å². The van der Waals surface area contributed by atoms with E-state index in [0.717, 1.165) is 83.8 Å². The summed E-state index contributed by atoms with van der Waals surface area (Å²) in [5, 5.41) is 0. The molecule has 8 heteroatoms. The third-order valence-corrected chi connectivity index (χ3v) is 9.83. The van der Waals surface area contributed by atoms with Gasteiger partial charge < -0.3 is 28.4 Å². The van der Waals surface area contributed by atoms with Crippen LogP contribution in [0.5, 0.6) is 0 Å². The lowest BCUT2D eigenvalue weighted by Gasteiger charge is -2.30. The highest BCUT2D eigenvalue weighted by Gasteiger charge is 2.51. The number of halogens is 1. The second-order valence-corrected chi connectivity index (χ2v) is 12.9. The summed E-state index contributed by atoms with van der Waals surface area (Å²) in [6.07, 6.45) is 20.1. The first kappa shape index (κ1) is 31.4. The molecule has 0 spiro atoms. The van der Waals surface area contributed by atoms with E-state index < -0.39 is 0 Å². The topological polar surface area (TPSA) is 72.5 Å². The van der Waals surface area contributed by atoms with Gasteiger partial charge in [-0.2, -0.15) is 0 Å². The van der Waals surface area contributed by atoms with Crippen LogP contribution in [-0.2, 0) is 33.2 Å². The van der Waals surface area contributed by atoms with Crippen molar-refractivity contribution in [2.45, 2.75) is 145 Å². The smallest absolute Gasteiger partial charge is 0.305 e. The van der Waals surface area contributed by atoms with Crippen molar-refractivity contribution in [1.82, 2.24) is 0 Å². The monoisotopic (exact) mass is 614 g/mol. The van der Waals surface area contributed by atoms with Gasteiger partial charge in [-0.25, -0.2) is 0 Å². The quantitative estimate of drug-likeness (QED) is 0.0864. The van der Waals surface area contributed by atoms with Crippen LogP contribution in [0.15, 0.2) is 12.2 Å². The van der Waals surface area contributed by atoms with E-state index in [9.17, 15) is 4.79 Å². The highest BCUT2D eigenvalue weighted by atomic mass is 79.9. The van der Waals surface area contributed by atoms with E-state index in [1.807, 2.05) is 0 Å². The number of carbonyl (C=O) groups excluding carboxylic acids is 1. The van der Waals surface area contributed by atoms with Crippen molar-refractivity contribution in [3.63, 3.8) is 0 Å². The number of rotatable bonds is 15. The Morgan fingerprint density at radius 3 is 2.46 bits per heavy atom. The number of esters is 1. The molecule has 9 atom stereocenters. The number of hydrogen-bond donors (Lipinski definition) is 0. The molecular formula is C31H51BrO7. The number of carbonyl (C=O) groups is 1. The normalized spacial score (nSPS) is 34.7. The number of fused-ring (bicyclic) bond motifs is 1. The van der Waals surface area contributed by atoms with Crippen molar-refractivity contribution in [2.75, 3.05) is 20.3 Å². The second kappa shape index (κ2) is 16.8. The maximum Gasteiger partial charge on any atom is 0.305 e. The average Bonchev–Trinajstić information content (AvgIpc) is 3.50. The number of hydrogen-bond acceptors (Lipinski definition) is 7. The molecule has 0 N–H and O–H groups in total. The van der Waals surface area contributed by atoms with Gasteiger partial charge in [-0.3, -0.25) is 4.79 Å². The van der Waals surface area contributed by atoms with Crippen molar-refractivity contribution in [3.05, 3.63) is 12.2 Å². The number of alkyl halides is 1. The Morgan fingerprint density at radius 1 is 1.00 bits per heavy atom. The first-order chi connectivity index (χ1) is 19.1.